The first-order valence-electron chi connectivity index (χ1n) is 6.32. The Morgan fingerprint density at radius 1 is 1.40 bits per heavy atom. The molecule has 3 N–H and O–H groups in total. The van der Waals surface area contributed by atoms with Crippen LogP contribution in [0.5, 0.6) is 0 Å². The zero-order valence-corrected chi connectivity index (χ0v) is 11.8. The van der Waals surface area contributed by atoms with Crippen LogP contribution in [0.1, 0.15) is 23.1 Å². The Balaban J connectivity index is 1.82. The van der Waals surface area contributed by atoms with E-state index in [1.54, 1.807) is 11.6 Å². The molecule has 0 spiro atoms. The standard InChI is InChI=1S/C12H18N6O2/c1-7-12(13)8(2)18(16-7)6-10(19)14-5-4-11-15-9(3)17-20-11/h4-6,13H2,1-3H3,(H,14,19). The number of aromatic nitrogens is 4. The average Bonchev–Trinajstić information content (AvgIpc) is 2.90. The van der Waals surface area contributed by atoms with Crippen molar-refractivity contribution in [3.63, 3.8) is 0 Å². The number of hydrogen-bond acceptors (Lipinski definition) is 6. The highest BCUT2D eigenvalue weighted by molar-refractivity contribution is 5.75. The molecule has 0 radical (unpaired) electrons. The Bertz CT molecular complexity index is 615. The summed E-state index contributed by atoms with van der Waals surface area (Å²) in [7, 11) is 0. The number of carbonyl (C=O) groups is 1. The van der Waals surface area contributed by atoms with E-state index in [2.05, 4.69) is 20.6 Å². The Kier molecular flexibility index (Phi) is 4.02. The van der Waals surface area contributed by atoms with Gasteiger partial charge in [0, 0.05) is 13.0 Å². The number of nitrogens with one attached hydrogen (secondary N) is 1. The molecule has 2 heterocycles. The lowest BCUT2D eigenvalue weighted by atomic mass is 10.3. The van der Waals surface area contributed by atoms with Crippen LogP contribution in [0.4, 0.5) is 5.69 Å². The summed E-state index contributed by atoms with van der Waals surface area (Å²) in [6, 6.07) is 0. The molecule has 0 unspecified atom stereocenters. The number of nitrogen functional groups attached to an aromatic ring is 1. The third-order valence-electron chi connectivity index (χ3n) is 2.96. The van der Waals surface area contributed by atoms with E-state index >= 15 is 0 Å². The van der Waals surface area contributed by atoms with Crippen LogP contribution in [-0.2, 0) is 17.8 Å². The SMILES string of the molecule is Cc1noc(CCNC(=O)Cn2nc(C)c(N)c2C)n1. The highest BCUT2D eigenvalue weighted by atomic mass is 16.5. The van der Waals surface area contributed by atoms with Crippen molar-refractivity contribution in [1.82, 2.24) is 25.2 Å². The molecular weight excluding hydrogens is 260 g/mol. The van der Waals surface area contributed by atoms with E-state index in [4.69, 9.17) is 10.3 Å². The van der Waals surface area contributed by atoms with Crippen molar-refractivity contribution in [3.05, 3.63) is 23.1 Å². The molecule has 20 heavy (non-hydrogen) atoms. The van der Waals surface area contributed by atoms with Crippen molar-refractivity contribution in [1.29, 1.82) is 0 Å². The molecule has 108 valence electrons. The minimum Gasteiger partial charge on any atom is -0.396 e. The summed E-state index contributed by atoms with van der Waals surface area (Å²) in [5.74, 6) is 0.967. The van der Waals surface area contributed by atoms with Gasteiger partial charge in [-0.15, -0.1) is 0 Å². The lowest BCUT2D eigenvalue weighted by molar-refractivity contribution is -0.121. The second-order valence-corrected chi connectivity index (χ2v) is 4.58. The molecule has 8 nitrogen and oxygen atoms in total. The van der Waals surface area contributed by atoms with Crippen LogP contribution in [0.2, 0.25) is 0 Å². The topological polar surface area (TPSA) is 112 Å². The highest BCUT2D eigenvalue weighted by Gasteiger charge is 2.11. The third kappa shape index (κ3) is 3.14. The predicted molar refractivity (Wildman–Crippen MR) is 71.9 cm³/mol. The Labute approximate surface area is 116 Å². The van der Waals surface area contributed by atoms with Gasteiger partial charge in [-0.2, -0.15) is 10.1 Å². The summed E-state index contributed by atoms with van der Waals surface area (Å²) in [6.07, 6.45) is 0.506. The summed E-state index contributed by atoms with van der Waals surface area (Å²) >= 11 is 0. The van der Waals surface area contributed by atoms with Gasteiger partial charge in [0.05, 0.1) is 17.1 Å². The van der Waals surface area contributed by atoms with Gasteiger partial charge in [0.15, 0.2) is 5.82 Å². The average molecular weight is 278 g/mol. The number of amides is 1. The summed E-state index contributed by atoms with van der Waals surface area (Å²) in [5.41, 5.74) is 7.97. The van der Waals surface area contributed by atoms with Gasteiger partial charge in [-0.1, -0.05) is 5.16 Å². The number of aryl methyl sites for hydroxylation is 2. The van der Waals surface area contributed by atoms with Gasteiger partial charge in [0.2, 0.25) is 11.8 Å². The summed E-state index contributed by atoms with van der Waals surface area (Å²) in [4.78, 5) is 15.9. The normalized spacial score (nSPS) is 10.8. The van der Waals surface area contributed by atoms with E-state index in [1.165, 1.54) is 0 Å². The first-order valence-corrected chi connectivity index (χ1v) is 6.32. The Morgan fingerprint density at radius 2 is 2.15 bits per heavy atom. The molecule has 0 saturated heterocycles. The van der Waals surface area contributed by atoms with Crippen molar-refractivity contribution < 1.29 is 9.32 Å². The van der Waals surface area contributed by atoms with Crippen LogP contribution >= 0.6 is 0 Å². The zero-order chi connectivity index (χ0) is 14.7. The van der Waals surface area contributed by atoms with Gasteiger partial charge in [-0.05, 0) is 20.8 Å². The second kappa shape index (κ2) is 5.72. The number of rotatable bonds is 5. The Morgan fingerprint density at radius 3 is 2.70 bits per heavy atom. The van der Waals surface area contributed by atoms with Crippen molar-refractivity contribution >= 4 is 11.6 Å². The summed E-state index contributed by atoms with van der Waals surface area (Å²) < 4.78 is 6.55. The number of hydrogen-bond donors (Lipinski definition) is 2. The lowest BCUT2D eigenvalue weighted by Gasteiger charge is -2.05. The molecule has 0 bridgehead atoms. The van der Waals surface area contributed by atoms with E-state index in [1.807, 2.05) is 13.8 Å². The molecule has 0 aliphatic heterocycles. The van der Waals surface area contributed by atoms with Crippen LogP contribution in [0.3, 0.4) is 0 Å². The molecule has 0 aliphatic carbocycles. The summed E-state index contributed by atoms with van der Waals surface area (Å²) in [5, 5.41) is 10.7. The molecule has 0 atom stereocenters. The van der Waals surface area contributed by atoms with Gasteiger partial charge in [0.25, 0.3) is 0 Å². The number of nitrogens with zero attached hydrogens (tertiary/aromatic N) is 4. The maximum absolute atomic E-state index is 11.8. The molecule has 2 aromatic rings. The molecule has 2 rings (SSSR count). The number of nitrogens with two attached hydrogens (primary N) is 1. The first kappa shape index (κ1) is 14.0. The van der Waals surface area contributed by atoms with Crippen LogP contribution in [0.15, 0.2) is 4.52 Å². The molecule has 0 fully saturated rings. The van der Waals surface area contributed by atoms with E-state index in [-0.39, 0.29) is 12.5 Å². The van der Waals surface area contributed by atoms with E-state index in [0.29, 0.717) is 30.4 Å². The van der Waals surface area contributed by atoms with Crippen molar-refractivity contribution in [2.45, 2.75) is 33.7 Å². The maximum Gasteiger partial charge on any atom is 0.241 e. The van der Waals surface area contributed by atoms with Gasteiger partial charge >= 0.3 is 0 Å². The van der Waals surface area contributed by atoms with Crippen LogP contribution in [0.25, 0.3) is 0 Å². The molecular formula is C12H18N6O2. The smallest absolute Gasteiger partial charge is 0.241 e. The minimum atomic E-state index is -0.133. The largest absolute Gasteiger partial charge is 0.396 e. The van der Waals surface area contributed by atoms with E-state index < -0.39 is 0 Å². The fourth-order valence-electron chi connectivity index (χ4n) is 1.81. The van der Waals surface area contributed by atoms with Gasteiger partial charge in [-0.25, -0.2) is 0 Å². The van der Waals surface area contributed by atoms with Gasteiger partial charge in [0.1, 0.15) is 6.54 Å². The predicted octanol–water partition coefficient (Wildman–Crippen LogP) is 0.132. The van der Waals surface area contributed by atoms with E-state index in [9.17, 15) is 4.79 Å². The monoisotopic (exact) mass is 278 g/mol. The highest BCUT2D eigenvalue weighted by Crippen LogP contribution is 2.14. The number of carbonyl (C=O) groups excluding carboxylic acids is 1. The van der Waals surface area contributed by atoms with Crippen molar-refractivity contribution in [2.24, 2.45) is 0 Å². The fourth-order valence-corrected chi connectivity index (χ4v) is 1.81. The fraction of sp³-hybridized carbons (Fsp3) is 0.500. The molecule has 8 heteroatoms. The van der Waals surface area contributed by atoms with Crippen LogP contribution in [0, 0.1) is 20.8 Å². The molecule has 0 saturated carbocycles. The molecule has 2 aromatic heterocycles. The minimum absolute atomic E-state index is 0.133. The number of anilines is 1. The van der Waals surface area contributed by atoms with Crippen molar-refractivity contribution in [2.75, 3.05) is 12.3 Å². The van der Waals surface area contributed by atoms with Crippen LogP contribution in [-0.4, -0.2) is 32.4 Å². The van der Waals surface area contributed by atoms with Crippen LogP contribution < -0.4 is 11.1 Å². The van der Waals surface area contributed by atoms with Crippen molar-refractivity contribution in [3.8, 4) is 0 Å². The first-order chi connectivity index (χ1) is 9.47. The van der Waals surface area contributed by atoms with E-state index in [0.717, 1.165) is 11.4 Å². The molecule has 1 amide bonds. The maximum atomic E-state index is 11.8. The Hall–Kier alpha value is -2.38. The van der Waals surface area contributed by atoms with Gasteiger partial charge < -0.3 is 15.6 Å². The lowest BCUT2D eigenvalue weighted by Crippen LogP contribution is -2.30. The quantitative estimate of drug-likeness (QED) is 0.804. The molecule has 0 aromatic carbocycles. The second-order valence-electron chi connectivity index (χ2n) is 4.58. The third-order valence-corrected chi connectivity index (χ3v) is 2.96. The van der Waals surface area contributed by atoms with Gasteiger partial charge in [-0.3, -0.25) is 9.48 Å². The summed E-state index contributed by atoms with van der Waals surface area (Å²) in [6.45, 7) is 5.99. The zero-order valence-electron chi connectivity index (χ0n) is 11.8. The molecule has 0 aliphatic rings.